The van der Waals surface area contributed by atoms with Crippen molar-refractivity contribution >= 4 is 5.84 Å². The first kappa shape index (κ1) is 12.0. The monoisotopic (exact) mass is 240 g/mol. The Morgan fingerprint density at radius 3 is 2.35 bits per heavy atom. The third-order valence-corrected chi connectivity index (χ3v) is 2.69. The first-order valence-corrected chi connectivity index (χ1v) is 5.50. The minimum absolute atomic E-state index is 0.245. The molecule has 0 atom stereocenters. The highest BCUT2D eigenvalue weighted by atomic mass is 19.1. The van der Waals surface area contributed by atoms with Gasteiger partial charge in [0.2, 0.25) is 0 Å². The van der Waals surface area contributed by atoms with E-state index < -0.39 is 11.6 Å². The van der Waals surface area contributed by atoms with Crippen LogP contribution < -0.4 is 0 Å². The zero-order valence-electron chi connectivity index (χ0n) is 9.38. The van der Waals surface area contributed by atoms with Crippen molar-refractivity contribution in [2.75, 3.05) is 26.3 Å². The number of hydrogen-bond donors (Lipinski definition) is 1. The van der Waals surface area contributed by atoms with Crippen LogP contribution in [0.1, 0.15) is 5.56 Å². The molecule has 0 aliphatic carbocycles. The number of nitrogens with one attached hydrogen (secondary N) is 1. The van der Waals surface area contributed by atoms with Gasteiger partial charge in [0.05, 0.1) is 13.2 Å². The maximum atomic E-state index is 13.0. The molecule has 0 spiro atoms. The maximum Gasteiger partial charge on any atom is 0.126 e. The lowest BCUT2D eigenvalue weighted by Crippen LogP contribution is -2.41. The predicted octanol–water partition coefficient (Wildman–Crippen LogP) is 1.82. The number of morpholine rings is 1. The molecule has 0 bridgehead atoms. The topological polar surface area (TPSA) is 36.3 Å². The number of benzene rings is 1. The molecule has 2 rings (SSSR count). The van der Waals surface area contributed by atoms with Gasteiger partial charge in [-0.2, -0.15) is 0 Å². The second-order valence-electron chi connectivity index (χ2n) is 4.00. The highest BCUT2D eigenvalue weighted by Crippen LogP contribution is 2.10. The minimum Gasteiger partial charge on any atom is -0.378 e. The Kier molecular flexibility index (Phi) is 3.68. The van der Waals surface area contributed by atoms with E-state index in [4.69, 9.17) is 10.1 Å². The molecule has 0 saturated carbocycles. The Bertz CT molecular complexity index is 397. The molecule has 1 fully saturated rings. The van der Waals surface area contributed by atoms with Gasteiger partial charge < -0.3 is 9.64 Å². The van der Waals surface area contributed by atoms with Gasteiger partial charge in [-0.05, 0) is 17.7 Å². The van der Waals surface area contributed by atoms with Crippen LogP contribution in [0.15, 0.2) is 18.2 Å². The van der Waals surface area contributed by atoms with Gasteiger partial charge in [0.1, 0.15) is 17.5 Å². The van der Waals surface area contributed by atoms with E-state index in [2.05, 4.69) is 0 Å². The number of nitrogens with zero attached hydrogens (tertiary/aromatic N) is 1. The summed E-state index contributed by atoms with van der Waals surface area (Å²) in [5, 5.41) is 7.89. The van der Waals surface area contributed by atoms with E-state index >= 15 is 0 Å². The Labute approximate surface area is 98.5 Å². The van der Waals surface area contributed by atoms with E-state index in [0.29, 0.717) is 37.7 Å². The summed E-state index contributed by atoms with van der Waals surface area (Å²) < 4.78 is 31.1. The Morgan fingerprint density at radius 2 is 1.76 bits per heavy atom. The van der Waals surface area contributed by atoms with Gasteiger partial charge >= 0.3 is 0 Å². The highest BCUT2D eigenvalue weighted by Gasteiger charge is 2.14. The van der Waals surface area contributed by atoms with Crippen LogP contribution in [-0.2, 0) is 11.2 Å². The zero-order valence-corrected chi connectivity index (χ0v) is 9.38. The van der Waals surface area contributed by atoms with Gasteiger partial charge in [0, 0.05) is 25.6 Å². The summed E-state index contributed by atoms with van der Waals surface area (Å²) in [6.45, 7) is 2.52. The summed E-state index contributed by atoms with van der Waals surface area (Å²) in [6, 6.07) is 3.36. The average Bonchev–Trinajstić information content (AvgIpc) is 2.28. The van der Waals surface area contributed by atoms with Crippen LogP contribution in [0, 0.1) is 17.0 Å². The molecule has 0 amide bonds. The van der Waals surface area contributed by atoms with E-state index in [9.17, 15) is 8.78 Å². The van der Waals surface area contributed by atoms with E-state index in [-0.39, 0.29) is 6.42 Å². The van der Waals surface area contributed by atoms with Gasteiger partial charge in [0.25, 0.3) is 0 Å². The summed E-state index contributed by atoms with van der Waals surface area (Å²) in [5.41, 5.74) is 0.485. The third-order valence-electron chi connectivity index (χ3n) is 2.69. The lowest BCUT2D eigenvalue weighted by atomic mass is 10.1. The van der Waals surface area contributed by atoms with Crippen LogP contribution >= 0.6 is 0 Å². The Morgan fingerprint density at radius 1 is 1.18 bits per heavy atom. The molecule has 1 heterocycles. The van der Waals surface area contributed by atoms with Crippen LogP contribution in [-0.4, -0.2) is 37.0 Å². The molecular weight excluding hydrogens is 226 g/mol. The molecule has 3 nitrogen and oxygen atoms in total. The predicted molar refractivity (Wildman–Crippen MR) is 60.2 cm³/mol. The molecule has 1 aromatic rings. The van der Waals surface area contributed by atoms with Crippen LogP contribution in [0.5, 0.6) is 0 Å². The number of rotatable bonds is 2. The normalized spacial score (nSPS) is 16.0. The molecule has 1 aromatic carbocycles. The van der Waals surface area contributed by atoms with Crippen molar-refractivity contribution in [3.8, 4) is 0 Å². The lowest BCUT2D eigenvalue weighted by molar-refractivity contribution is 0.0670. The van der Waals surface area contributed by atoms with E-state index in [0.717, 1.165) is 6.07 Å². The molecule has 0 unspecified atom stereocenters. The Balaban J connectivity index is 2.01. The van der Waals surface area contributed by atoms with Gasteiger partial charge in [0.15, 0.2) is 0 Å². The van der Waals surface area contributed by atoms with Crippen LogP contribution in [0.25, 0.3) is 0 Å². The SMILES string of the molecule is N=C(Cc1cc(F)cc(F)c1)N1CCOCC1. The van der Waals surface area contributed by atoms with E-state index in [1.165, 1.54) is 12.1 Å². The van der Waals surface area contributed by atoms with Gasteiger partial charge in [-0.15, -0.1) is 0 Å². The molecule has 92 valence electrons. The fraction of sp³-hybridized carbons (Fsp3) is 0.417. The standard InChI is InChI=1S/C12H14F2N2O/c13-10-5-9(6-11(14)8-10)7-12(15)16-1-3-17-4-2-16/h5-6,8,15H,1-4,7H2. The Hall–Kier alpha value is -1.49. The fourth-order valence-electron chi connectivity index (χ4n) is 1.85. The van der Waals surface area contributed by atoms with Crippen LogP contribution in [0.3, 0.4) is 0 Å². The average molecular weight is 240 g/mol. The molecule has 1 aliphatic rings. The summed E-state index contributed by atoms with van der Waals surface area (Å²) in [6.07, 6.45) is 0.245. The number of halogens is 2. The van der Waals surface area contributed by atoms with Crippen molar-refractivity contribution in [3.63, 3.8) is 0 Å². The highest BCUT2D eigenvalue weighted by molar-refractivity contribution is 5.81. The summed E-state index contributed by atoms with van der Waals surface area (Å²) in [7, 11) is 0. The van der Waals surface area contributed by atoms with Crippen molar-refractivity contribution in [2.24, 2.45) is 0 Å². The molecular formula is C12H14F2N2O. The summed E-state index contributed by atoms with van der Waals surface area (Å²) in [5.74, 6) is -0.831. The summed E-state index contributed by atoms with van der Waals surface area (Å²) >= 11 is 0. The third kappa shape index (κ3) is 3.23. The van der Waals surface area contributed by atoms with Gasteiger partial charge in [-0.25, -0.2) is 8.78 Å². The van der Waals surface area contributed by atoms with E-state index in [1.807, 2.05) is 4.90 Å². The smallest absolute Gasteiger partial charge is 0.126 e. The van der Waals surface area contributed by atoms with Crippen molar-refractivity contribution in [1.29, 1.82) is 5.41 Å². The van der Waals surface area contributed by atoms with Crippen LogP contribution in [0.4, 0.5) is 8.78 Å². The largest absolute Gasteiger partial charge is 0.378 e. The number of amidine groups is 1. The van der Waals surface area contributed by atoms with Crippen molar-refractivity contribution in [3.05, 3.63) is 35.4 Å². The first-order valence-electron chi connectivity index (χ1n) is 5.50. The number of ether oxygens (including phenoxy) is 1. The lowest BCUT2D eigenvalue weighted by Gasteiger charge is -2.29. The van der Waals surface area contributed by atoms with Crippen molar-refractivity contribution in [1.82, 2.24) is 4.90 Å². The number of hydrogen-bond acceptors (Lipinski definition) is 2. The first-order chi connectivity index (χ1) is 8.15. The second-order valence-corrected chi connectivity index (χ2v) is 4.00. The molecule has 1 aliphatic heterocycles. The van der Waals surface area contributed by atoms with Gasteiger partial charge in [-0.1, -0.05) is 0 Å². The molecule has 1 N–H and O–H groups in total. The summed E-state index contributed by atoms with van der Waals surface area (Å²) in [4.78, 5) is 1.87. The molecule has 0 aromatic heterocycles. The molecule has 17 heavy (non-hydrogen) atoms. The van der Waals surface area contributed by atoms with Crippen molar-refractivity contribution in [2.45, 2.75) is 6.42 Å². The second kappa shape index (κ2) is 5.23. The molecule has 1 saturated heterocycles. The maximum absolute atomic E-state index is 13.0. The quantitative estimate of drug-likeness (QED) is 0.632. The van der Waals surface area contributed by atoms with Crippen LogP contribution in [0.2, 0.25) is 0 Å². The minimum atomic E-state index is -0.602. The van der Waals surface area contributed by atoms with E-state index in [1.54, 1.807) is 0 Å². The van der Waals surface area contributed by atoms with Gasteiger partial charge in [-0.3, -0.25) is 5.41 Å². The molecule has 5 heteroatoms. The zero-order chi connectivity index (χ0) is 12.3. The molecule has 0 radical (unpaired) electrons. The fourth-order valence-corrected chi connectivity index (χ4v) is 1.85. The van der Waals surface area contributed by atoms with Crippen molar-refractivity contribution < 1.29 is 13.5 Å².